The first kappa shape index (κ1) is 11.1. The number of hydrazone groups is 1. The van der Waals surface area contributed by atoms with E-state index in [-0.39, 0.29) is 0 Å². The van der Waals surface area contributed by atoms with Gasteiger partial charge in [-0.2, -0.15) is 5.10 Å². The third kappa shape index (κ3) is 3.04. The molecular formula is C13H14N4. The Hall–Kier alpha value is -2.36. The van der Waals surface area contributed by atoms with Crippen LogP contribution in [-0.4, -0.2) is 10.7 Å². The van der Waals surface area contributed by atoms with Gasteiger partial charge in [0.05, 0.1) is 5.71 Å². The third-order valence-corrected chi connectivity index (χ3v) is 2.31. The summed E-state index contributed by atoms with van der Waals surface area (Å²) in [5, 5.41) is 4.25. The van der Waals surface area contributed by atoms with Gasteiger partial charge < -0.3 is 5.73 Å². The molecule has 1 aromatic heterocycles. The van der Waals surface area contributed by atoms with Crippen LogP contribution in [0.1, 0.15) is 12.5 Å². The molecule has 3 N–H and O–H groups in total. The number of aromatic nitrogens is 1. The van der Waals surface area contributed by atoms with Crippen molar-refractivity contribution in [2.45, 2.75) is 6.92 Å². The van der Waals surface area contributed by atoms with Crippen LogP contribution in [0.4, 0.5) is 11.5 Å². The monoisotopic (exact) mass is 226 g/mol. The maximum absolute atomic E-state index is 5.72. The van der Waals surface area contributed by atoms with E-state index in [0.717, 1.165) is 22.8 Å². The average molecular weight is 226 g/mol. The third-order valence-electron chi connectivity index (χ3n) is 2.31. The minimum atomic E-state index is 0.718. The highest BCUT2D eigenvalue weighted by molar-refractivity contribution is 5.99. The van der Waals surface area contributed by atoms with Crippen molar-refractivity contribution in [3.63, 3.8) is 0 Å². The highest BCUT2D eigenvalue weighted by Crippen LogP contribution is 2.08. The van der Waals surface area contributed by atoms with Gasteiger partial charge in [-0.05, 0) is 36.8 Å². The van der Waals surface area contributed by atoms with Crippen molar-refractivity contribution in [3.8, 4) is 0 Å². The molecule has 0 aliphatic rings. The number of nitrogens with two attached hydrogens (primary N) is 1. The number of benzene rings is 1. The van der Waals surface area contributed by atoms with Gasteiger partial charge in [-0.15, -0.1) is 0 Å². The molecule has 0 radical (unpaired) electrons. The zero-order valence-electron chi connectivity index (χ0n) is 9.59. The van der Waals surface area contributed by atoms with E-state index in [2.05, 4.69) is 15.5 Å². The van der Waals surface area contributed by atoms with Gasteiger partial charge in [0.1, 0.15) is 5.82 Å². The molecule has 0 atom stereocenters. The van der Waals surface area contributed by atoms with E-state index in [9.17, 15) is 0 Å². The molecular weight excluding hydrogens is 212 g/mol. The van der Waals surface area contributed by atoms with E-state index in [1.165, 1.54) is 0 Å². The first-order valence-electron chi connectivity index (χ1n) is 5.33. The minimum Gasteiger partial charge on any atom is -0.399 e. The molecule has 4 nitrogen and oxygen atoms in total. The highest BCUT2D eigenvalue weighted by atomic mass is 15.3. The van der Waals surface area contributed by atoms with Gasteiger partial charge >= 0.3 is 0 Å². The number of nitrogens with zero attached hydrogens (tertiary/aromatic N) is 2. The Labute approximate surface area is 100 Å². The predicted octanol–water partition coefficient (Wildman–Crippen LogP) is 2.50. The molecule has 86 valence electrons. The number of hydrogen-bond donors (Lipinski definition) is 2. The number of hydrogen-bond acceptors (Lipinski definition) is 4. The van der Waals surface area contributed by atoms with Crippen LogP contribution in [0.2, 0.25) is 0 Å². The Morgan fingerprint density at radius 3 is 2.82 bits per heavy atom. The molecule has 0 aliphatic heterocycles. The maximum atomic E-state index is 5.72. The lowest BCUT2D eigenvalue weighted by atomic mass is 10.1. The van der Waals surface area contributed by atoms with Crippen LogP contribution in [0.3, 0.4) is 0 Å². The second-order valence-corrected chi connectivity index (χ2v) is 3.65. The van der Waals surface area contributed by atoms with Gasteiger partial charge in [0.25, 0.3) is 0 Å². The van der Waals surface area contributed by atoms with Crippen LogP contribution in [0.15, 0.2) is 53.8 Å². The lowest BCUT2D eigenvalue weighted by Gasteiger charge is -2.03. The summed E-state index contributed by atoms with van der Waals surface area (Å²) in [5.41, 5.74) is 11.2. The molecule has 17 heavy (non-hydrogen) atoms. The summed E-state index contributed by atoms with van der Waals surface area (Å²) >= 11 is 0. The van der Waals surface area contributed by atoms with Gasteiger partial charge in [-0.25, -0.2) is 4.98 Å². The molecule has 0 aliphatic carbocycles. The van der Waals surface area contributed by atoms with Gasteiger partial charge in [0.2, 0.25) is 0 Å². The summed E-state index contributed by atoms with van der Waals surface area (Å²) in [6, 6.07) is 13.2. The van der Waals surface area contributed by atoms with E-state index in [0.29, 0.717) is 0 Å². The van der Waals surface area contributed by atoms with Crippen molar-refractivity contribution in [2.75, 3.05) is 11.2 Å². The van der Waals surface area contributed by atoms with E-state index in [1.54, 1.807) is 6.20 Å². The fraction of sp³-hybridized carbons (Fsp3) is 0.0769. The Morgan fingerprint density at radius 2 is 2.12 bits per heavy atom. The van der Waals surface area contributed by atoms with Crippen molar-refractivity contribution in [1.82, 2.24) is 4.98 Å². The zero-order valence-corrected chi connectivity index (χ0v) is 9.59. The Morgan fingerprint density at radius 1 is 1.24 bits per heavy atom. The van der Waals surface area contributed by atoms with Crippen molar-refractivity contribution in [2.24, 2.45) is 5.10 Å². The van der Waals surface area contributed by atoms with Crippen LogP contribution in [0.25, 0.3) is 0 Å². The topological polar surface area (TPSA) is 63.3 Å². The highest BCUT2D eigenvalue weighted by Gasteiger charge is 1.97. The Kier molecular flexibility index (Phi) is 3.35. The van der Waals surface area contributed by atoms with E-state index in [4.69, 9.17) is 5.73 Å². The molecule has 2 rings (SSSR count). The molecule has 4 heteroatoms. The quantitative estimate of drug-likeness (QED) is 0.480. The van der Waals surface area contributed by atoms with Crippen LogP contribution < -0.4 is 11.2 Å². The molecule has 0 saturated heterocycles. The molecule has 2 aromatic rings. The predicted molar refractivity (Wildman–Crippen MR) is 70.9 cm³/mol. The normalized spacial score (nSPS) is 11.2. The molecule has 0 bridgehead atoms. The summed E-state index contributed by atoms with van der Waals surface area (Å²) in [5.74, 6) is 0.718. The van der Waals surface area contributed by atoms with E-state index < -0.39 is 0 Å². The summed E-state index contributed by atoms with van der Waals surface area (Å²) in [6.45, 7) is 1.92. The fourth-order valence-electron chi connectivity index (χ4n) is 1.40. The second-order valence-electron chi connectivity index (χ2n) is 3.65. The SMILES string of the molecule is C/C(=N/Nc1ccccn1)c1cccc(N)c1. The van der Waals surface area contributed by atoms with Gasteiger partial charge in [0, 0.05) is 11.9 Å². The lowest BCUT2D eigenvalue weighted by Crippen LogP contribution is -2.01. The number of nitrogens with one attached hydrogen (secondary N) is 1. The van der Waals surface area contributed by atoms with Gasteiger partial charge in [0.15, 0.2) is 0 Å². The average Bonchev–Trinajstić information content (AvgIpc) is 2.37. The van der Waals surface area contributed by atoms with E-state index >= 15 is 0 Å². The van der Waals surface area contributed by atoms with Crippen molar-refractivity contribution in [1.29, 1.82) is 0 Å². The summed E-state index contributed by atoms with van der Waals surface area (Å²) in [6.07, 6.45) is 1.72. The Balaban J connectivity index is 2.12. The Bertz CT molecular complexity index is 520. The van der Waals surface area contributed by atoms with Gasteiger partial charge in [-0.1, -0.05) is 18.2 Å². The molecule has 0 saturated carbocycles. The van der Waals surface area contributed by atoms with Crippen molar-refractivity contribution in [3.05, 3.63) is 54.2 Å². The molecule has 1 heterocycles. The van der Waals surface area contributed by atoms with Crippen LogP contribution >= 0.6 is 0 Å². The van der Waals surface area contributed by atoms with Crippen molar-refractivity contribution < 1.29 is 0 Å². The largest absolute Gasteiger partial charge is 0.399 e. The number of anilines is 2. The van der Waals surface area contributed by atoms with Crippen LogP contribution in [-0.2, 0) is 0 Å². The molecule has 0 unspecified atom stereocenters. The number of nitrogen functional groups attached to an aromatic ring is 1. The second kappa shape index (κ2) is 5.12. The first-order valence-corrected chi connectivity index (χ1v) is 5.33. The lowest BCUT2D eigenvalue weighted by molar-refractivity contribution is 1.22. The zero-order chi connectivity index (χ0) is 12.1. The van der Waals surface area contributed by atoms with Crippen molar-refractivity contribution >= 4 is 17.2 Å². The minimum absolute atomic E-state index is 0.718. The van der Waals surface area contributed by atoms with Crippen LogP contribution in [0, 0.1) is 0 Å². The standard InChI is InChI=1S/C13H14N4/c1-10(11-5-4-6-12(14)9-11)16-17-13-7-2-3-8-15-13/h2-9H,14H2,1H3,(H,15,17)/b16-10-. The molecule has 1 aromatic carbocycles. The number of pyridine rings is 1. The molecule has 0 fully saturated rings. The van der Waals surface area contributed by atoms with Crippen LogP contribution in [0.5, 0.6) is 0 Å². The number of rotatable bonds is 3. The van der Waals surface area contributed by atoms with Gasteiger partial charge in [-0.3, -0.25) is 5.43 Å². The molecule has 0 amide bonds. The summed E-state index contributed by atoms with van der Waals surface area (Å²) in [4.78, 5) is 4.12. The fourth-order valence-corrected chi connectivity index (χ4v) is 1.40. The first-order chi connectivity index (χ1) is 8.25. The smallest absolute Gasteiger partial charge is 0.146 e. The van der Waals surface area contributed by atoms with E-state index in [1.807, 2.05) is 49.4 Å². The molecule has 0 spiro atoms. The maximum Gasteiger partial charge on any atom is 0.146 e. The summed E-state index contributed by atoms with van der Waals surface area (Å²) in [7, 11) is 0. The summed E-state index contributed by atoms with van der Waals surface area (Å²) < 4.78 is 0.